The molecule has 0 amide bonds. The lowest BCUT2D eigenvalue weighted by Crippen LogP contribution is -2.05. The number of benzene rings is 2. The molecule has 3 rings (SSSR count). The van der Waals surface area contributed by atoms with Crippen molar-refractivity contribution in [1.82, 2.24) is 4.98 Å². The first kappa shape index (κ1) is 15.3. The molecule has 0 spiro atoms. The second-order valence-corrected chi connectivity index (χ2v) is 5.74. The van der Waals surface area contributed by atoms with Gasteiger partial charge >= 0.3 is 0 Å². The summed E-state index contributed by atoms with van der Waals surface area (Å²) in [5, 5.41) is 14.3. The van der Waals surface area contributed by atoms with E-state index < -0.39 is 0 Å². The molecule has 1 heterocycles. The van der Waals surface area contributed by atoms with E-state index in [0.29, 0.717) is 28.4 Å². The monoisotopic (exact) mass is 323 g/mol. The molecule has 3 aromatic rings. The van der Waals surface area contributed by atoms with E-state index in [9.17, 15) is 9.65 Å². The summed E-state index contributed by atoms with van der Waals surface area (Å²) in [5.74, 6) is -0.262. The molecular weight excluding hydrogens is 309 g/mol. The molecule has 0 fully saturated rings. The van der Waals surface area contributed by atoms with Gasteiger partial charge in [-0.25, -0.2) is 9.37 Å². The second kappa shape index (κ2) is 6.67. The minimum absolute atomic E-state index is 0.262. The smallest absolute Gasteiger partial charge is 0.128 e. The maximum absolute atomic E-state index is 13.8. The largest absolute Gasteiger partial charge is 0.379 e. The van der Waals surface area contributed by atoms with Crippen molar-refractivity contribution >= 4 is 28.4 Å². The maximum Gasteiger partial charge on any atom is 0.128 e. The van der Waals surface area contributed by atoms with Crippen molar-refractivity contribution < 1.29 is 4.39 Å². The van der Waals surface area contributed by atoms with E-state index >= 15 is 0 Å². The highest BCUT2D eigenvalue weighted by Crippen LogP contribution is 2.32. The first-order valence-electron chi connectivity index (χ1n) is 7.08. The summed E-state index contributed by atoms with van der Waals surface area (Å²) in [6, 6.07) is 16.5. The normalized spacial score (nSPS) is 10.5. The molecule has 0 aliphatic heterocycles. The van der Waals surface area contributed by atoms with Gasteiger partial charge in [-0.1, -0.05) is 36.4 Å². The van der Waals surface area contributed by atoms with Crippen molar-refractivity contribution in [2.45, 2.75) is 11.6 Å². The zero-order chi connectivity index (χ0) is 16.2. The fourth-order valence-electron chi connectivity index (χ4n) is 2.45. The Hall–Kier alpha value is -2.58. The summed E-state index contributed by atoms with van der Waals surface area (Å²) in [4.78, 5) is 4.52. The number of pyridine rings is 1. The Morgan fingerprint density at radius 1 is 1.17 bits per heavy atom. The van der Waals surface area contributed by atoms with Gasteiger partial charge in [-0.05, 0) is 18.4 Å². The van der Waals surface area contributed by atoms with Gasteiger partial charge in [0.25, 0.3) is 0 Å². The molecule has 114 valence electrons. The molecule has 0 radical (unpaired) electrons. The number of aromatic nitrogens is 1. The van der Waals surface area contributed by atoms with Crippen LogP contribution in [-0.4, -0.2) is 11.2 Å². The zero-order valence-corrected chi connectivity index (χ0v) is 13.3. The minimum Gasteiger partial charge on any atom is -0.379 e. The van der Waals surface area contributed by atoms with Crippen LogP contribution in [0.3, 0.4) is 0 Å². The van der Waals surface area contributed by atoms with Crippen molar-refractivity contribution in [2.24, 2.45) is 0 Å². The summed E-state index contributed by atoms with van der Waals surface area (Å²) in [7, 11) is 0. The number of hydrogen-bond donors (Lipinski definition) is 1. The molecule has 0 saturated heterocycles. The fraction of sp³-hybridized carbons (Fsp3) is 0.111. The molecule has 1 aromatic heterocycles. The van der Waals surface area contributed by atoms with Crippen LogP contribution < -0.4 is 5.32 Å². The Morgan fingerprint density at radius 2 is 1.91 bits per heavy atom. The van der Waals surface area contributed by atoms with Crippen LogP contribution in [0.25, 0.3) is 10.9 Å². The average molecular weight is 323 g/mol. The van der Waals surface area contributed by atoms with Crippen LogP contribution in [0.2, 0.25) is 0 Å². The molecule has 0 saturated carbocycles. The predicted octanol–water partition coefficient (Wildman–Crippen LogP) is 4.58. The van der Waals surface area contributed by atoms with E-state index in [1.54, 1.807) is 18.2 Å². The molecule has 2 aromatic carbocycles. The van der Waals surface area contributed by atoms with Crippen LogP contribution in [0, 0.1) is 17.1 Å². The van der Waals surface area contributed by atoms with E-state index in [4.69, 9.17) is 0 Å². The maximum atomic E-state index is 13.8. The molecule has 0 bridgehead atoms. The lowest BCUT2D eigenvalue weighted by Gasteiger charge is -2.14. The van der Waals surface area contributed by atoms with E-state index in [-0.39, 0.29) is 5.82 Å². The number of hydrogen-bond acceptors (Lipinski definition) is 4. The van der Waals surface area contributed by atoms with Gasteiger partial charge in [0.2, 0.25) is 0 Å². The Bertz CT molecular complexity index is 902. The Labute approximate surface area is 138 Å². The van der Waals surface area contributed by atoms with Crippen molar-refractivity contribution in [3.63, 3.8) is 0 Å². The third-order valence-corrected chi connectivity index (χ3v) is 4.26. The highest BCUT2D eigenvalue weighted by molar-refractivity contribution is 7.98. The summed E-state index contributed by atoms with van der Waals surface area (Å²) in [5.41, 5.74) is 2.56. The highest BCUT2D eigenvalue weighted by Gasteiger charge is 2.14. The van der Waals surface area contributed by atoms with Crippen molar-refractivity contribution in [3.8, 4) is 6.07 Å². The third kappa shape index (κ3) is 2.99. The third-order valence-electron chi connectivity index (χ3n) is 3.58. The lowest BCUT2D eigenvalue weighted by molar-refractivity contribution is 0.613. The fourth-order valence-corrected chi connectivity index (χ4v) is 2.99. The molecule has 23 heavy (non-hydrogen) atoms. The summed E-state index contributed by atoms with van der Waals surface area (Å²) < 4.78 is 13.8. The first-order chi connectivity index (χ1) is 11.2. The summed E-state index contributed by atoms with van der Waals surface area (Å²) in [6.45, 7) is 0.309. The average Bonchev–Trinajstić information content (AvgIpc) is 2.59. The van der Waals surface area contributed by atoms with Crippen LogP contribution >= 0.6 is 11.8 Å². The van der Waals surface area contributed by atoms with E-state index in [2.05, 4.69) is 16.4 Å². The van der Waals surface area contributed by atoms with Crippen LogP contribution in [0.5, 0.6) is 0 Å². The van der Waals surface area contributed by atoms with E-state index in [1.165, 1.54) is 17.8 Å². The molecule has 0 atom stereocenters. The molecule has 0 aliphatic carbocycles. The quantitative estimate of drug-likeness (QED) is 0.714. The number of halogens is 1. The number of nitrogens with one attached hydrogen (secondary N) is 1. The highest BCUT2D eigenvalue weighted by atomic mass is 32.2. The van der Waals surface area contributed by atoms with Gasteiger partial charge in [-0.2, -0.15) is 5.26 Å². The number of thioether (sulfide) groups is 1. The SMILES string of the molecule is CSc1nc2ccccc2c(NCc2ccccc2F)c1C#N. The van der Waals surface area contributed by atoms with Crippen LogP contribution in [-0.2, 0) is 6.54 Å². The lowest BCUT2D eigenvalue weighted by atomic mass is 10.1. The molecule has 0 aliphatic rings. The number of fused-ring (bicyclic) bond motifs is 1. The summed E-state index contributed by atoms with van der Waals surface area (Å²) in [6.07, 6.45) is 1.89. The number of rotatable bonds is 4. The van der Waals surface area contributed by atoms with Gasteiger partial charge < -0.3 is 5.32 Å². The number of para-hydroxylation sites is 1. The topological polar surface area (TPSA) is 48.7 Å². The van der Waals surface area contributed by atoms with Crippen molar-refractivity contribution in [1.29, 1.82) is 5.26 Å². The van der Waals surface area contributed by atoms with Crippen molar-refractivity contribution in [3.05, 3.63) is 65.5 Å². The van der Waals surface area contributed by atoms with Gasteiger partial charge in [-0.3, -0.25) is 0 Å². The van der Waals surface area contributed by atoms with E-state index in [0.717, 1.165) is 10.9 Å². The molecule has 0 unspecified atom stereocenters. The van der Waals surface area contributed by atoms with Crippen LogP contribution in [0.15, 0.2) is 53.6 Å². The van der Waals surface area contributed by atoms with Gasteiger partial charge in [0.05, 0.1) is 11.2 Å². The molecular formula is C18H14FN3S. The Balaban J connectivity index is 2.08. The minimum atomic E-state index is -0.262. The standard InChI is InChI=1S/C18H14FN3S/c1-23-18-14(10-20)17(13-7-3-5-9-16(13)22-18)21-11-12-6-2-4-8-15(12)19/h2-9H,11H2,1H3,(H,21,22). The van der Waals surface area contributed by atoms with E-state index in [1.807, 2.05) is 30.5 Å². The summed E-state index contributed by atoms with van der Waals surface area (Å²) >= 11 is 1.43. The van der Waals surface area contributed by atoms with Gasteiger partial charge in [0.1, 0.15) is 22.5 Å². The van der Waals surface area contributed by atoms with Crippen LogP contribution in [0.1, 0.15) is 11.1 Å². The van der Waals surface area contributed by atoms with Crippen LogP contribution in [0.4, 0.5) is 10.1 Å². The zero-order valence-electron chi connectivity index (χ0n) is 12.5. The van der Waals surface area contributed by atoms with Gasteiger partial charge in [-0.15, -0.1) is 11.8 Å². The van der Waals surface area contributed by atoms with Crippen molar-refractivity contribution in [2.75, 3.05) is 11.6 Å². The Kier molecular flexibility index (Phi) is 4.45. The predicted molar refractivity (Wildman–Crippen MR) is 92.0 cm³/mol. The second-order valence-electron chi connectivity index (χ2n) is 4.94. The first-order valence-corrected chi connectivity index (χ1v) is 8.31. The number of nitrogens with zero attached hydrogens (tertiary/aromatic N) is 2. The van der Waals surface area contributed by atoms with Gasteiger partial charge in [0.15, 0.2) is 0 Å². The molecule has 1 N–H and O–H groups in total. The number of nitriles is 1. The molecule has 3 nitrogen and oxygen atoms in total. The van der Waals surface area contributed by atoms with Gasteiger partial charge in [0, 0.05) is 17.5 Å². The Morgan fingerprint density at radius 3 is 2.65 bits per heavy atom. The molecule has 5 heteroatoms. The number of anilines is 1.